The third kappa shape index (κ3) is 7.63. The van der Waals surface area contributed by atoms with Gasteiger partial charge in [-0.05, 0) is 59.5 Å². The molecule has 5 N–H and O–H groups in total. The van der Waals surface area contributed by atoms with Gasteiger partial charge in [-0.15, -0.1) is 0 Å². The van der Waals surface area contributed by atoms with Crippen LogP contribution >= 0.6 is 0 Å². The number of halogens is 3. The standard InChI is InChI=1S/C32H32F3N5O4/c33-32(34,35)11-13-40(44-19-20-2-1-3-26(36)14-20)31(43)25-15-24-9-8-23(16-28(24)38-29(37)17-25)21-4-6-22(7-5-21)30(42)39-12-10-27(41)18-39/h1-9,14-16,27,41H,10-13,17-19,36H2,(H2,37,38)/t27-/m1/s1. The fraction of sp³-hybridized carbons (Fsp3) is 0.281. The molecule has 0 aliphatic carbocycles. The highest BCUT2D eigenvalue weighted by atomic mass is 19.4. The van der Waals surface area contributed by atoms with Gasteiger partial charge in [0.2, 0.25) is 0 Å². The van der Waals surface area contributed by atoms with Gasteiger partial charge in [-0.2, -0.15) is 13.2 Å². The van der Waals surface area contributed by atoms with Crippen LogP contribution in [-0.2, 0) is 16.2 Å². The number of amidine groups is 1. The summed E-state index contributed by atoms with van der Waals surface area (Å²) in [6.07, 6.45) is -4.22. The Morgan fingerprint density at radius 2 is 1.80 bits per heavy atom. The number of alkyl halides is 3. The second-order valence-electron chi connectivity index (χ2n) is 10.8. The van der Waals surface area contributed by atoms with Crippen molar-refractivity contribution in [1.82, 2.24) is 9.96 Å². The molecule has 0 aromatic heterocycles. The van der Waals surface area contributed by atoms with Gasteiger partial charge in [0.05, 0.1) is 24.8 Å². The number of anilines is 1. The number of hydrogen-bond acceptors (Lipinski definition) is 7. The lowest BCUT2D eigenvalue weighted by Gasteiger charge is -2.24. The lowest BCUT2D eigenvalue weighted by atomic mass is 10.00. The first-order chi connectivity index (χ1) is 20.9. The number of hydroxylamine groups is 2. The fourth-order valence-electron chi connectivity index (χ4n) is 5.07. The van der Waals surface area contributed by atoms with Gasteiger partial charge in [0.1, 0.15) is 12.4 Å². The lowest BCUT2D eigenvalue weighted by molar-refractivity contribution is -0.201. The number of nitrogens with zero attached hydrogens (tertiary/aromatic N) is 3. The number of aliphatic hydroxyl groups is 1. The van der Waals surface area contributed by atoms with Crippen molar-refractivity contribution in [3.8, 4) is 11.1 Å². The normalized spacial score (nSPS) is 16.5. The predicted molar refractivity (Wildman–Crippen MR) is 160 cm³/mol. The van der Waals surface area contributed by atoms with E-state index in [1.165, 1.54) is 0 Å². The predicted octanol–water partition coefficient (Wildman–Crippen LogP) is 4.83. The van der Waals surface area contributed by atoms with Gasteiger partial charge in [-0.1, -0.05) is 36.4 Å². The van der Waals surface area contributed by atoms with Crippen molar-refractivity contribution in [2.45, 2.75) is 38.1 Å². The Morgan fingerprint density at radius 1 is 1.05 bits per heavy atom. The molecule has 0 saturated carbocycles. The van der Waals surface area contributed by atoms with Crippen molar-refractivity contribution in [2.24, 2.45) is 10.7 Å². The van der Waals surface area contributed by atoms with Gasteiger partial charge in [-0.25, -0.2) is 10.1 Å². The van der Waals surface area contributed by atoms with Gasteiger partial charge < -0.3 is 21.5 Å². The summed E-state index contributed by atoms with van der Waals surface area (Å²) in [4.78, 5) is 37.9. The third-order valence-electron chi connectivity index (χ3n) is 7.35. The number of likely N-dealkylation sites (tertiary alicyclic amines) is 1. The van der Waals surface area contributed by atoms with Crippen LogP contribution in [0.25, 0.3) is 17.2 Å². The molecule has 2 amide bonds. The van der Waals surface area contributed by atoms with E-state index in [-0.39, 0.29) is 30.3 Å². The molecule has 2 aliphatic heterocycles. The smallest absolute Gasteiger partial charge is 0.390 e. The Bertz CT molecular complexity index is 1600. The van der Waals surface area contributed by atoms with E-state index in [0.29, 0.717) is 52.6 Å². The molecule has 0 spiro atoms. The molecule has 44 heavy (non-hydrogen) atoms. The zero-order valence-corrected chi connectivity index (χ0v) is 23.8. The minimum Gasteiger partial charge on any atom is -0.399 e. The molecule has 2 heterocycles. The van der Waals surface area contributed by atoms with Crippen molar-refractivity contribution in [3.63, 3.8) is 0 Å². The summed E-state index contributed by atoms with van der Waals surface area (Å²) >= 11 is 0. The summed E-state index contributed by atoms with van der Waals surface area (Å²) in [5.74, 6) is -0.782. The molecular weight excluding hydrogens is 575 g/mol. The van der Waals surface area contributed by atoms with E-state index in [1.54, 1.807) is 59.5 Å². The highest BCUT2D eigenvalue weighted by molar-refractivity contribution is 6.05. The molecule has 230 valence electrons. The Labute approximate surface area is 252 Å². The first-order valence-corrected chi connectivity index (χ1v) is 14.1. The van der Waals surface area contributed by atoms with Crippen LogP contribution < -0.4 is 11.5 Å². The number of hydrogen-bond donors (Lipinski definition) is 3. The number of fused-ring (bicyclic) bond motifs is 1. The maximum atomic E-state index is 13.5. The van der Waals surface area contributed by atoms with E-state index in [9.17, 15) is 27.9 Å². The number of aliphatic hydroxyl groups excluding tert-OH is 1. The number of nitrogens with two attached hydrogens (primary N) is 2. The molecule has 3 aromatic rings. The topological polar surface area (TPSA) is 134 Å². The first kappa shape index (κ1) is 30.8. The minimum atomic E-state index is -4.50. The van der Waals surface area contributed by atoms with E-state index in [2.05, 4.69) is 4.99 Å². The zero-order chi connectivity index (χ0) is 31.4. The zero-order valence-electron chi connectivity index (χ0n) is 23.8. The van der Waals surface area contributed by atoms with Crippen LogP contribution in [0.4, 0.5) is 24.5 Å². The Balaban J connectivity index is 1.36. The number of benzene rings is 3. The average molecular weight is 608 g/mol. The van der Waals surface area contributed by atoms with E-state index in [1.807, 2.05) is 18.2 Å². The van der Waals surface area contributed by atoms with Crippen molar-refractivity contribution in [2.75, 3.05) is 25.4 Å². The van der Waals surface area contributed by atoms with Crippen molar-refractivity contribution in [3.05, 3.63) is 89.0 Å². The monoisotopic (exact) mass is 607 g/mol. The maximum Gasteiger partial charge on any atom is 0.390 e. The largest absolute Gasteiger partial charge is 0.399 e. The van der Waals surface area contributed by atoms with Crippen molar-refractivity contribution in [1.29, 1.82) is 0 Å². The number of carbonyl (C=O) groups is 2. The van der Waals surface area contributed by atoms with Crippen LogP contribution in [0.15, 0.2) is 77.3 Å². The van der Waals surface area contributed by atoms with Crippen LogP contribution in [0.2, 0.25) is 0 Å². The second kappa shape index (κ2) is 12.9. The molecule has 1 atom stereocenters. The average Bonchev–Trinajstić information content (AvgIpc) is 3.34. The van der Waals surface area contributed by atoms with Crippen LogP contribution in [-0.4, -0.2) is 64.6 Å². The van der Waals surface area contributed by atoms with Crippen LogP contribution in [0.1, 0.15) is 40.7 Å². The van der Waals surface area contributed by atoms with E-state index >= 15 is 0 Å². The number of rotatable bonds is 8. The highest BCUT2D eigenvalue weighted by Crippen LogP contribution is 2.33. The number of nitrogen functional groups attached to an aromatic ring is 1. The maximum absolute atomic E-state index is 13.5. The lowest BCUT2D eigenvalue weighted by Crippen LogP contribution is -2.36. The molecule has 1 saturated heterocycles. The van der Waals surface area contributed by atoms with Crippen molar-refractivity contribution < 1.29 is 32.7 Å². The van der Waals surface area contributed by atoms with E-state index in [0.717, 1.165) is 11.1 Å². The minimum absolute atomic E-state index is 0.0883. The molecule has 0 unspecified atom stereocenters. The van der Waals surface area contributed by atoms with Crippen LogP contribution in [0, 0.1) is 0 Å². The second-order valence-corrected chi connectivity index (χ2v) is 10.8. The molecule has 0 radical (unpaired) electrons. The summed E-state index contributed by atoms with van der Waals surface area (Å²) < 4.78 is 39.3. The van der Waals surface area contributed by atoms with Gasteiger partial charge in [0, 0.05) is 41.9 Å². The summed E-state index contributed by atoms with van der Waals surface area (Å²) in [6, 6.07) is 19.1. The van der Waals surface area contributed by atoms with E-state index in [4.69, 9.17) is 16.3 Å². The van der Waals surface area contributed by atoms with Crippen molar-refractivity contribution >= 4 is 35.1 Å². The van der Waals surface area contributed by atoms with Gasteiger partial charge in [-0.3, -0.25) is 14.4 Å². The molecule has 1 fully saturated rings. The summed E-state index contributed by atoms with van der Waals surface area (Å²) in [5.41, 5.74) is 16.3. The Kier molecular flexibility index (Phi) is 9.02. The molecular formula is C32H32F3N5O4. The summed E-state index contributed by atoms with van der Waals surface area (Å²) in [5, 5.41) is 10.4. The van der Waals surface area contributed by atoms with Gasteiger partial charge in [0.25, 0.3) is 11.8 Å². The quantitative estimate of drug-likeness (QED) is 0.248. The fourth-order valence-corrected chi connectivity index (χ4v) is 5.07. The molecule has 3 aromatic carbocycles. The SMILES string of the molecule is NC1=Nc2cc(-c3ccc(C(=O)N4CC[C@@H](O)C4)cc3)ccc2C=C(C(=O)N(CCC(F)(F)F)OCc2cccc(N)c2)C1. The molecule has 12 heteroatoms. The van der Waals surface area contributed by atoms with Crippen LogP contribution in [0.3, 0.4) is 0 Å². The Hall–Kier alpha value is -4.68. The number of carbonyl (C=O) groups excluding carboxylic acids is 2. The first-order valence-electron chi connectivity index (χ1n) is 14.1. The third-order valence-corrected chi connectivity index (χ3v) is 7.35. The van der Waals surface area contributed by atoms with Gasteiger partial charge in [0.15, 0.2) is 0 Å². The number of aliphatic imine (C=N–C) groups is 1. The summed E-state index contributed by atoms with van der Waals surface area (Å²) in [6.45, 7) is -0.0347. The molecule has 9 nitrogen and oxygen atoms in total. The molecule has 0 bridgehead atoms. The van der Waals surface area contributed by atoms with E-state index < -0.39 is 31.2 Å². The Morgan fingerprint density at radius 3 is 2.48 bits per heavy atom. The summed E-state index contributed by atoms with van der Waals surface area (Å²) in [7, 11) is 0. The van der Waals surface area contributed by atoms with Gasteiger partial charge >= 0.3 is 6.18 Å². The molecule has 2 aliphatic rings. The molecule has 5 rings (SSSR count). The van der Waals surface area contributed by atoms with Crippen LogP contribution in [0.5, 0.6) is 0 Å². The number of β-amino-alcohol motifs (C(OH)–C–C–N with tert-alkyl or cyclic N) is 1. The highest BCUT2D eigenvalue weighted by Gasteiger charge is 2.31. The number of amides is 2.